The van der Waals surface area contributed by atoms with Crippen LogP contribution in [-0.4, -0.2) is 47.7 Å². The molecular weight excluding hydrogens is 350 g/mol. The molecule has 5 nitrogen and oxygen atoms in total. The third kappa shape index (κ3) is 4.93. The smallest absolute Gasteiger partial charge is 0.329 e. The Bertz CT molecular complexity index is 632. The predicted octanol–water partition coefficient (Wildman–Crippen LogP) is 3.82. The highest BCUT2D eigenvalue weighted by Crippen LogP contribution is 2.36. The van der Waals surface area contributed by atoms with Crippen LogP contribution in [0, 0.1) is 11.8 Å². The molecule has 2 rings (SSSR count). The van der Waals surface area contributed by atoms with E-state index in [-0.39, 0.29) is 23.2 Å². The number of para-hydroxylation sites is 1. The van der Waals surface area contributed by atoms with Crippen molar-refractivity contribution in [2.24, 2.45) is 11.8 Å². The molecule has 6 heteroatoms. The first-order chi connectivity index (χ1) is 12.3. The zero-order chi connectivity index (χ0) is 19.3. The van der Waals surface area contributed by atoms with E-state index in [1.54, 1.807) is 35.9 Å². The van der Waals surface area contributed by atoms with Crippen molar-refractivity contribution in [3.05, 3.63) is 29.8 Å². The Hall–Kier alpha value is -1.69. The molecule has 1 aliphatic heterocycles. The molecule has 0 saturated carbocycles. The van der Waals surface area contributed by atoms with Gasteiger partial charge < -0.3 is 14.4 Å². The van der Waals surface area contributed by atoms with E-state index in [1.165, 1.54) is 0 Å². The molecule has 1 heterocycles. The molecule has 1 amide bonds. The standard InChI is InChI=1S/C20H29NO4S/c1-13(2)10-18-21(16(12-26-18)20(23)25-11-14(3)4)19(22)15-8-6-7-9-17(15)24-5/h6-9,13-14,16,18H,10-12H2,1-5H3. The summed E-state index contributed by atoms with van der Waals surface area (Å²) >= 11 is 1.65. The Morgan fingerprint density at radius 1 is 1.19 bits per heavy atom. The third-order valence-corrected chi connectivity index (χ3v) is 5.48. The van der Waals surface area contributed by atoms with E-state index in [2.05, 4.69) is 13.8 Å². The monoisotopic (exact) mass is 379 g/mol. The van der Waals surface area contributed by atoms with Gasteiger partial charge in [-0.1, -0.05) is 39.8 Å². The Labute approximate surface area is 160 Å². The van der Waals surface area contributed by atoms with Gasteiger partial charge in [0, 0.05) is 5.75 Å². The molecule has 0 bridgehead atoms. The van der Waals surface area contributed by atoms with Crippen molar-refractivity contribution in [2.75, 3.05) is 19.5 Å². The summed E-state index contributed by atoms with van der Waals surface area (Å²) in [5.41, 5.74) is 0.480. The molecule has 0 aliphatic carbocycles. The molecule has 0 N–H and O–H groups in total. The first-order valence-electron chi connectivity index (χ1n) is 9.09. The molecule has 144 valence electrons. The summed E-state index contributed by atoms with van der Waals surface area (Å²) in [4.78, 5) is 27.6. The van der Waals surface area contributed by atoms with Gasteiger partial charge in [-0.2, -0.15) is 0 Å². The summed E-state index contributed by atoms with van der Waals surface area (Å²) in [7, 11) is 1.55. The van der Waals surface area contributed by atoms with Crippen LogP contribution in [0.3, 0.4) is 0 Å². The predicted molar refractivity (Wildman–Crippen MR) is 104 cm³/mol. The maximum Gasteiger partial charge on any atom is 0.329 e. The van der Waals surface area contributed by atoms with Gasteiger partial charge in [-0.3, -0.25) is 4.79 Å². The minimum atomic E-state index is -0.556. The van der Waals surface area contributed by atoms with Crippen LogP contribution in [0.1, 0.15) is 44.5 Å². The molecule has 0 radical (unpaired) electrons. The number of carbonyl (C=O) groups is 2. The highest BCUT2D eigenvalue weighted by atomic mass is 32.2. The van der Waals surface area contributed by atoms with E-state index < -0.39 is 6.04 Å². The average Bonchev–Trinajstić information content (AvgIpc) is 3.01. The van der Waals surface area contributed by atoms with Crippen molar-refractivity contribution in [2.45, 2.75) is 45.5 Å². The van der Waals surface area contributed by atoms with Gasteiger partial charge in [-0.05, 0) is 30.4 Å². The summed E-state index contributed by atoms with van der Waals surface area (Å²) in [5.74, 6) is 1.27. The van der Waals surface area contributed by atoms with Crippen LogP contribution in [0.15, 0.2) is 24.3 Å². The minimum Gasteiger partial charge on any atom is -0.496 e. The molecule has 2 atom stereocenters. The molecule has 0 spiro atoms. The highest BCUT2D eigenvalue weighted by molar-refractivity contribution is 8.00. The zero-order valence-electron chi connectivity index (χ0n) is 16.2. The van der Waals surface area contributed by atoms with Crippen LogP contribution in [0.5, 0.6) is 5.75 Å². The quantitative estimate of drug-likeness (QED) is 0.674. The van der Waals surface area contributed by atoms with Crippen molar-refractivity contribution in [3.63, 3.8) is 0 Å². The van der Waals surface area contributed by atoms with Crippen LogP contribution >= 0.6 is 11.8 Å². The summed E-state index contributed by atoms with van der Waals surface area (Å²) in [6.07, 6.45) is 0.833. The lowest BCUT2D eigenvalue weighted by Crippen LogP contribution is -2.47. The summed E-state index contributed by atoms with van der Waals surface area (Å²) in [6, 6.07) is 6.59. The SMILES string of the molecule is COc1ccccc1C(=O)N1C(CC(C)C)SCC1C(=O)OCC(C)C. The van der Waals surface area contributed by atoms with E-state index >= 15 is 0 Å². The number of benzene rings is 1. The number of rotatable bonds is 7. The van der Waals surface area contributed by atoms with Gasteiger partial charge in [0.25, 0.3) is 5.91 Å². The Kier molecular flexibility index (Phi) is 7.38. The number of hydrogen-bond acceptors (Lipinski definition) is 5. The van der Waals surface area contributed by atoms with Gasteiger partial charge in [-0.15, -0.1) is 11.8 Å². The van der Waals surface area contributed by atoms with E-state index in [1.807, 2.05) is 26.0 Å². The van der Waals surface area contributed by atoms with Crippen LogP contribution in [-0.2, 0) is 9.53 Å². The molecule has 1 aromatic carbocycles. The molecule has 2 unspecified atom stereocenters. The van der Waals surface area contributed by atoms with Crippen molar-refractivity contribution >= 4 is 23.6 Å². The summed E-state index contributed by atoms with van der Waals surface area (Å²) in [6.45, 7) is 8.60. The summed E-state index contributed by atoms with van der Waals surface area (Å²) < 4.78 is 10.8. The van der Waals surface area contributed by atoms with Gasteiger partial charge >= 0.3 is 5.97 Å². The van der Waals surface area contributed by atoms with Gasteiger partial charge in [0.05, 0.1) is 24.7 Å². The third-order valence-electron chi connectivity index (χ3n) is 4.17. The van der Waals surface area contributed by atoms with Crippen molar-refractivity contribution in [1.82, 2.24) is 4.90 Å². The summed E-state index contributed by atoms with van der Waals surface area (Å²) in [5, 5.41) is -0.0380. The number of carbonyl (C=O) groups excluding carboxylic acids is 2. The van der Waals surface area contributed by atoms with E-state index in [0.717, 1.165) is 6.42 Å². The number of hydrogen-bond donors (Lipinski definition) is 0. The maximum absolute atomic E-state index is 13.3. The molecule has 0 aromatic heterocycles. The lowest BCUT2D eigenvalue weighted by Gasteiger charge is -2.30. The first kappa shape index (κ1) is 20.6. The lowest BCUT2D eigenvalue weighted by molar-refractivity contribution is -0.149. The second-order valence-electron chi connectivity index (χ2n) is 7.37. The lowest BCUT2D eigenvalue weighted by atomic mass is 10.1. The number of ether oxygens (including phenoxy) is 2. The van der Waals surface area contributed by atoms with Crippen molar-refractivity contribution in [3.8, 4) is 5.75 Å². The second-order valence-corrected chi connectivity index (χ2v) is 8.58. The highest BCUT2D eigenvalue weighted by Gasteiger charge is 2.43. The fourth-order valence-corrected chi connectivity index (χ4v) is 4.53. The molecule has 1 saturated heterocycles. The van der Waals surface area contributed by atoms with Gasteiger partial charge in [0.15, 0.2) is 0 Å². The Morgan fingerprint density at radius 3 is 2.50 bits per heavy atom. The number of amides is 1. The second kappa shape index (κ2) is 9.31. The van der Waals surface area contributed by atoms with Crippen LogP contribution in [0.25, 0.3) is 0 Å². The zero-order valence-corrected chi connectivity index (χ0v) is 17.0. The normalized spacial score (nSPS) is 19.9. The molecule has 1 fully saturated rings. The number of esters is 1. The fraction of sp³-hybridized carbons (Fsp3) is 0.600. The fourth-order valence-electron chi connectivity index (χ4n) is 2.91. The van der Waals surface area contributed by atoms with Crippen LogP contribution in [0.4, 0.5) is 0 Å². The number of nitrogens with zero attached hydrogens (tertiary/aromatic N) is 1. The molecule has 1 aliphatic rings. The number of thioether (sulfide) groups is 1. The maximum atomic E-state index is 13.3. The van der Waals surface area contributed by atoms with Crippen molar-refractivity contribution in [1.29, 1.82) is 0 Å². The average molecular weight is 380 g/mol. The van der Waals surface area contributed by atoms with Gasteiger partial charge in [0.1, 0.15) is 11.8 Å². The van der Waals surface area contributed by atoms with Crippen LogP contribution < -0.4 is 4.74 Å². The van der Waals surface area contributed by atoms with E-state index in [9.17, 15) is 9.59 Å². The Balaban J connectivity index is 2.29. The topological polar surface area (TPSA) is 55.8 Å². The molecule has 26 heavy (non-hydrogen) atoms. The van der Waals surface area contributed by atoms with Crippen molar-refractivity contribution < 1.29 is 19.1 Å². The van der Waals surface area contributed by atoms with Gasteiger partial charge in [-0.25, -0.2) is 4.79 Å². The van der Waals surface area contributed by atoms with E-state index in [0.29, 0.717) is 29.6 Å². The molecular formula is C20H29NO4S. The van der Waals surface area contributed by atoms with E-state index in [4.69, 9.17) is 9.47 Å². The minimum absolute atomic E-state index is 0.0380. The number of methoxy groups -OCH3 is 1. The van der Waals surface area contributed by atoms with Crippen LogP contribution in [0.2, 0.25) is 0 Å². The van der Waals surface area contributed by atoms with Gasteiger partial charge in [0.2, 0.25) is 0 Å². The first-order valence-corrected chi connectivity index (χ1v) is 10.1. The molecule has 1 aromatic rings. The largest absolute Gasteiger partial charge is 0.496 e. The Morgan fingerprint density at radius 2 is 1.88 bits per heavy atom.